The number of nitrogens with one attached hydrogen (secondary N) is 1. The van der Waals surface area contributed by atoms with E-state index >= 15 is 0 Å². The van der Waals surface area contributed by atoms with Crippen LogP contribution in [0.2, 0.25) is 0 Å². The Labute approximate surface area is 168 Å². The van der Waals surface area contributed by atoms with Crippen LogP contribution in [0, 0.1) is 5.92 Å². The van der Waals surface area contributed by atoms with Crippen LogP contribution in [0.5, 0.6) is 0 Å². The predicted octanol–water partition coefficient (Wildman–Crippen LogP) is 2.62. The van der Waals surface area contributed by atoms with Crippen LogP contribution in [0.15, 0.2) is 35.3 Å². The van der Waals surface area contributed by atoms with Crippen molar-refractivity contribution in [2.24, 2.45) is 10.9 Å². The highest BCUT2D eigenvalue weighted by Gasteiger charge is 2.31. The van der Waals surface area contributed by atoms with Crippen molar-refractivity contribution >= 4 is 17.8 Å². The molecule has 0 radical (unpaired) electrons. The minimum atomic E-state index is -0.0530. The molecule has 0 bridgehead atoms. The van der Waals surface area contributed by atoms with Gasteiger partial charge in [0.05, 0.1) is 0 Å². The first kappa shape index (κ1) is 20.4. The molecule has 28 heavy (non-hydrogen) atoms. The topological polar surface area (TPSA) is 65.0 Å². The van der Waals surface area contributed by atoms with E-state index in [9.17, 15) is 9.59 Å². The number of imide groups is 1. The molecule has 1 aromatic carbocycles. The van der Waals surface area contributed by atoms with Crippen LogP contribution in [0.3, 0.4) is 0 Å². The Balaban J connectivity index is 1.55. The molecule has 2 aliphatic heterocycles. The van der Waals surface area contributed by atoms with Crippen LogP contribution < -0.4 is 5.32 Å². The summed E-state index contributed by atoms with van der Waals surface area (Å²) in [6.07, 6.45) is 3.87. The number of likely N-dealkylation sites (tertiary alicyclic amines) is 2. The van der Waals surface area contributed by atoms with E-state index in [1.165, 1.54) is 10.5 Å². The Morgan fingerprint density at radius 3 is 2.54 bits per heavy atom. The van der Waals surface area contributed by atoms with Crippen LogP contribution in [0.25, 0.3) is 0 Å². The van der Waals surface area contributed by atoms with Gasteiger partial charge < -0.3 is 10.2 Å². The minimum Gasteiger partial charge on any atom is -0.354 e. The fraction of sp³-hybridized carbons (Fsp3) is 0.591. The smallest absolute Gasteiger partial charge is 0.229 e. The van der Waals surface area contributed by atoms with Crippen LogP contribution in [0.4, 0.5) is 0 Å². The summed E-state index contributed by atoms with van der Waals surface area (Å²) in [6.45, 7) is 5.14. The molecule has 2 saturated heterocycles. The van der Waals surface area contributed by atoms with Gasteiger partial charge in [0.1, 0.15) is 0 Å². The number of amides is 2. The second kappa shape index (κ2) is 9.71. The lowest BCUT2D eigenvalue weighted by atomic mass is 9.79. The standard InChI is InChI=1S/C22H32N4O2/c1-3-17-16-25(14-12-19(17)18-8-5-4-6-9-18)22(23-2)24-13-15-26-20(27)10-7-11-21(26)28/h4-6,8-9,17,19H,3,7,10-16H2,1-2H3,(H,23,24). The molecule has 152 valence electrons. The lowest BCUT2D eigenvalue weighted by molar-refractivity contribution is -0.147. The summed E-state index contributed by atoms with van der Waals surface area (Å²) in [5.41, 5.74) is 1.43. The molecule has 0 saturated carbocycles. The molecule has 2 amide bonds. The van der Waals surface area contributed by atoms with E-state index in [0.717, 1.165) is 31.9 Å². The molecule has 2 unspecified atom stereocenters. The third-order valence-electron chi connectivity index (χ3n) is 6.00. The summed E-state index contributed by atoms with van der Waals surface area (Å²) in [7, 11) is 1.80. The van der Waals surface area contributed by atoms with Crippen molar-refractivity contribution in [1.82, 2.24) is 15.1 Å². The first-order valence-electron chi connectivity index (χ1n) is 10.5. The number of nitrogens with zero attached hydrogens (tertiary/aromatic N) is 3. The Morgan fingerprint density at radius 2 is 1.89 bits per heavy atom. The zero-order valence-corrected chi connectivity index (χ0v) is 17.1. The Kier molecular flexibility index (Phi) is 7.06. The summed E-state index contributed by atoms with van der Waals surface area (Å²) in [4.78, 5) is 32.0. The molecule has 6 heteroatoms. The maximum Gasteiger partial charge on any atom is 0.229 e. The zero-order valence-electron chi connectivity index (χ0n) is 17.1. The highest BCUT2D eigenvalue weighted by Crippen LogP contribution is 2.34. The molecule has 3 rings (SSSR count). The largest absolute Gasteiger partial charge is 0.354 e. The molecular formula is C22H32N4O2. The van der Waals surface area contributed by atoms with E-state index in [-0.39, 0.29) is 11.8 Å². The Bertz CT molecular complexity index is 688. The van der Waals surface area contributed by atoms with Gasteiger partial charge in [0, 0.05) is 46.1 Å². The molecule has 0 spiro atoms. The quantitative estimate of drug-likeness (QED) is 0.481. The third-order valence-corrected chi connectivity index (χ3v) is 6.00. The van der Waals surface area contributed by atoms with Crippen molar-refractivity contribution in [2.75, 3.05) is 33.2 Å². The van der Waals surface area contributed by atoms with Crippen LogP contribution in [-0.2, 0) is 9.59 Å². The summed E-state index contributed by atoms with van der Waals surface area (Å²) >= 11 is 0. The zero-order chi connectivity index (χ0) is 19.9. The van der Waals surface area contributed by atoms with Gasteiger partial charge in [0.15, 0.2) is 5.96 Å². The van der Waals surface area contributed by atoms with Crippen molar-refractivity contribution in [3.05, 3.63) is 35.9 Å². The monoisotopic (exact) mass is 384 g/mol. The maximum atomic E-state index is 11.9. The van der Waals surface area contributed by atoms with Gasteiger partial charge >= 0.3 is 0 Å². The SMILES string of the molecule is CCC1CN(C(=NC)NCCN2C(=O)CCCC2=O)CCC1c1ccccc1. The average Bonchev–Trinajstić information content (AvgIpc) is 2.73. The molecule has 0 aliphatic carbocycles. The van der Waals surface area contributed by atoms with Crippen LogP contribution in [0.1, 0.15) is 50.5 Å². The third kappa shape index (κ3) is 4.72. The molecule has 2 fully saturated rings. The number of hydrogen-bond donors (Lipinski definition) is 1. The summed E-state index contributed by atoms with van der Waals surface area (Å²) in [5.74, 6) is 1.93. The fourth-order valence-electron chi connectivity index (χ4n) is 4.44. The Hall–Kier alpha value is -2.37. The molecular weight excluding hydrogens is 352 g/mol. The number of hydrogen-bond acceptors (Lipinski definition) is 3. The van der Waals surface area contributed by atoms with Gasteiger partial charge in [-0.25, -0.2) is 0 Å². The number of rotatable bonds is 5. The fourth-order valence-corrected chi connectivity index (χ4v) is 4.44. The normalized spacial score (nSPS) is 23.9. The highest BCUT2D eigenvalue weighted by molar-refractivity contribution is 5.97. The predicted molar refractivity (Wildman–Crippen MR) is 111 cm³/mol. The van der Waals surface area contributed by atoms with Gasteiger partial charge in [-0.3, -0.25) is 19.5 Å². The molecule has 0 aromatic heterocycles. The summed E-state index contributed by atoms with van der Waals surface area (Å²) < 4.78 is 0. The number of piperidine rings is 2. The lowest BCUT2D eigenvalue weighted by Gasteiger charge is -2.40. The molecule has 2 atom stereocenters. The molecule has 6 nitrogen and oxygen atoms in total. The van der Waals surface area contributed by atoms with E-state index in [2.05, 4.69) is 52.5 Å². The van der Waals surface area contributed by atoms with Gasteiger partial charge in [-0.15, -0.1) is 0 Å². The maximum absolute atomic E-state index is 11.9. The number of guanidine groups is 1. The minimum absolute atomic E-state index is 0.0530. The van der Waals surface area contributed by atoms with Gasteiger partial charge in [-0.2, -0.15) is 0 Å². The van der Waals surface area contributed by atoms with Crippen LogP contribution >= 0.6 is 0 Å². The lowest BCUT2D eigenvalue weighted by Crippen LogP contribution is -2.51. The summed E-state index contributed by atoms with van der Waals surface area (Å²) in [5, 5.41) is 3.36. The van der Waals surface area contributed by atoms with Gasteiger partial charge in [0.2, 0.25) is 11.8 Å². The van der Waals surface area contributed by atoms with E-state index in [1.807, 2.05) is 0 Å². The molecule has 1 aromatic rings. The van der Waals surface area contributed by atoms with E-state index < -0.39 is 0 Å². The number of carbonyl (C=O) groups excluding carboxylic acids is 2. The van der Waals surface area contributed by atoms with Crippen molar-refractivity contribution in [1.29, 1.82) is 0 Å². The van der Waals surface area contributed by atoms with Crippen molar-refractivity contribution in [3.63, 3.8) is 0 Å². The first-order valence-corrected chi connectivity index (χ1v) is 10.5. The van der Waals surface area contributed by atoms with Gasteiger partial charge in [-0.1, -0.05) is 43.7 Å². The number of benzene rings is 1. The second-order valence-corrected chi connectivity index (χ2v) is 7.69. The molecule has 2 heterocycles. The highest BCUT2D eigenvalue weighted by atomic mass is 16.2. The number of aliphatic imine (C=N–C) groups is 1. The van der Waals surface area contributed by atoms with E-state index in [1.54, 1.807) is 7.05 Å². The van der Waals surface area contributed by atoms with E-state index in [4.69, 9.17) is 0 Å². The Morgan fingerprint density at radius 1 is 1.18 bits per heavy atom. The second-order valence-electron chi connectivity index (χ2n) is 7.69. The molecule has 1 N–H and O–H groups in total. The van der Waals surface area contributed by atoms with Crippen molar-refractivity contribution in [3.8, 4) is 0 Å². The van der Waals surface area contributed by atoms with Crippen molar-refractivity contribution < 1.29 is 9.59 Å². The average molecular weight is 385 g/mol. The van der Waals surface area contributed by atoms with Gasteiger partial charge in [-0.05, 0) is 30.2 Å². The summed E-state index contributed by atoms with van der Waals surface area (Å²) in [6, 6.07) is 10.8. The van der Waals surface area contributed by atoms with Gasteiger partial charge in [0.25, 0.3) is 0 Å². The van der Waals surface area contributed by atoms with Crippen molar-refractivity contribution in [2.45, 2.75) is 44.9 Å². The molecule has 2 aliphatic rings. The number of carbonyl (C=O) groups is 2. The van der Waals surface area contributed by atoms with Crippen LogP contribution in [-0.4, -0.2) is 60.8 Å². The first-order chi connectivity index (χ1) is 13.6. The van der Waals surface area contributed by atoms with E-state index in [0.29, 0.717) is 44.2 Å².